The van der Waals surface area contributed by atoms with Crippen LogP contribution in [0.15, 0.2) is 30.5 Å². The average Bonchev–Trinajstić information content (AvgIpc) is 2.41. The second-order valence-electron chi connectivity index (χ2n) is 3.95. The second-order valence-corrected chi connectivity index (χ2v) is 4.35. The minimum atomic E-state index is -0.227. The van der Waals surface area contributed by atoms with Gasteiger partial charge in [-0.1, -0.05) is 23.7 Å². The first-order valence-electron chi connectivity index (χ1n) is 5.87. The Morgan fingerprint density at radius 1 is 1.37 bits per heavy atom. The zero-order chi connectivity index (χ0) is 13.7. The summed E-state index contributed by atoms with van der Waals surface area (Å²) in [6.45, 7) is 0.614. The number of benzene rings is 1. The number of hydrogen-bond acceptors (Lipinski definition) is 4. The molecule has 0 radical (unpaired) electrons. The van der Waals surface area contributed by atoms with Crippen LogP contribution in [-0.4, -0.2) is 23.6 Å². The third-order valence-electron chi connectivity index (χ3n) is 2.56. The van der Waals surface area contributed by atoms with Gasteiger partial charge >= 0.3 is 0 Å². The molecule has 0 saturated carbocycles. The lowest BCUT2D eigenvalue weighted by molar-refractivity contribution is 0.625. The zero-order valence-corrected chi connectivity index (χ0v) is 11.2. The van der Waals surface area contributed by atoms with Crippen LogP contribution in [0.5, 0.6) is 0 Å². The molecule has 0 atom stereocenters. The monoisotopic (exact) mass is 280 g/mol. The van der Waals surface area contributed by atoms with Gasteiger partial charge in [-0.05, 0) is 24.1 Å². The Morgan fingerprint density at radius 2 is 2.21 bits per heavy atom. The summed E-state index contributed by atoms with van der Waals surface area (Å²) in [5, 5.41) is 6.41. The minimum Gasteiger partial charge on any atom is -0.368 e. The fraction of sp³-hybridized carbons (Fsp3) is 0.231. The van der Waals surface area contributed by atoms with E-state index in [-0.39, 0.29) is 5.82 Å². The summed E-state index contributed by atoms with van der Waals surface area (Å²) in [6, 6.07) is 6.52. The Morgan fingerprint density at radius 3 is 2.95 bits per heavy atom. The third-order valence-corrected chi connectivity index (χ3v) is 2.84. The number of rotatable bonds is 5. The molecule has 0 fully saturated rings. The minimum absolute atomic E-state index is 0.227. The molecule has 100 valence electrons. The van der Waals surface area contributed by atoms with E-state index in [0.29, 0.717) is 29.8 Å². The van der Waals surface area contributed by atoms with Gasteiger partial charge in [0.25, 0.3) is 0 Å². The summed E-state index contributed by atoms with van der Waals surface area (Å²) in [5.74, 6) is 0.838. The topological polar surface area (TPSA) is 49.8 Å². The van der Waals surface area contributed by atoms with Crippen molar-refractivity contribution in [3.63, 3.8) is 0 Å². The number of hydrogen-bond donors (Lipinski definition) is 2. The summed E-state index contributed by atoms with van der Waals surface area (Å²) in [6.07, 6.45) is 2.22. The maximum atomic E-state index is 13.0. The maximum Gasteiger partial charge on any atom is 0.224 e. The maximum absolute atomic E-state index is 13.0. The standard InChI is InChI=1S/C13H14ClFN4/c1-16-13-18-8-11(14)12(19-13)17-6-5-9-3-2-4-10(15)7-9/h2-4,7-8H,5-6H2,1H3,(H2,16,17,18,19). The molecular weight excluding hydrogens is 267 g/mol. The SMILES string of the molecule is CNc1ncc(Cl)c(NCCc2cccc(F)c2)n1. The molecule has 0 spiro atoms. The van der Waals surface area contributed by atoms with Crippen molar-refractivity contribution in [3.05, 3.63) is 46.9 Å². The first-order valence-corrected chi connectivity index (χ1v) is 6.25. The van der Waals surface area contributed by atoms with E-state index in [2.05, 4.69) is 20.6 Å². The molecule has 0 saturated heterocycles. The van der Waals surface area contributed by atoms with Gasteiger partial charge in [0, 0.05) is 13.6 Å². The Hall–Kier alpha value is -1.88. The zero-order valence-electron chi connectivity index (χ0n) is 10.5. The van der Waals surface area contributed by atoms with Gasteiger partial charge in [-0.2, -0.15) is 4.98 Å². The first-order chi connectivity index (χ1) is 9.19. The molecule has 0 bridgehead atoms. The molecule has 19 heavy (non-hydrogen) atoms. The Balaban J connectivity index is 1.95. The highest BCUT2D eigenvalue weighted by Crippen LogP contribution is 2.19. The van der Waals surface area contributed by atoms with Crippen molar-refractivity contribution in [2.24, 2.45) is 0 Å². The lowest BCUT2D eigenvalue weighted by atomic mass is 10.1. The fourth-order valence-electron chi connectivity index (χ4n) is 1.63. The predicted octanol–water partition coefficient (Wildman–Crippen LogP) is 2.97. The van der Waals surface area contributed by atoms with Crippen LogP contribution in [-0.2, 0) is 6.42 Å². The van der Waals surface area contributed by atoms with Gasteiger partial charge in [-0.25, -0.2) is 9.37 Å². The highest BCUT2D eigenvalue weighted by molar-refractivity contribution is 6.32. The summed E-state index contributed by atoms with van der Waals surface area (Å²) < 4.78 is 13.0. The summed E-state index contributed by atoms with van der Waals surface area (Å²) in [4.78, 5) is 8.19. The van der Waals surface area contributed by atoms with Crippen LogP contribution < -0.4 is 10.6 Å². The van der Waals surface area contributed by atoms with Crippen molar-refractivity contribution in [2.45, 2.75) is 6.42 Å². The summed E-state index contributed by atoms with van der Waals surface area (Å²) in [7, 11) is 1.74. The fourth-order valence-corrected chi connectivity index (χ4v) is 1.79. The molecule has 6 heteroatoms. The van der Waals surface area contributed by atoms with Gasteiger partial charge in [0.05, 0.1) is 6.20 Å². The van der Waals surface area contributed by atoms with E-state index in [1.54, 1.807) is 13.1 Å². The van der Waals surface area contributed by atoms with E-state index in [4.69, 9.17) is 11.6 Å². The smallest absolute Gasteiger partial charge is 0.224 e. The predicted molar refractivity (Wildman–Crippen MR) is 75.2 cm³/mol. The van der Waals surface area contributed by atoms with E-state index in [1.165, 1.54) is 18.3 Å². The molecule has 0 unspecified atom stereocenters. The van der Waals surface area contributed by atoms with E-state index in [9.17, 15) is 4.39 Å². The molecule has 1 heterocycles. The van der Waals surface area contributed by atoms with E-state index in [0.717, 1.165) is 5.56 Å². The van der Waals surface area contributed by atoms with Crippen LogP contribution in [0.1, 0.15) is 5.56 Å². The molecule has 1 aromatic heterocycles. The molecule has 0 aliphatic heterocycles. The molecule has 1 aromatic carbocycles. The Bertz CT molecular complexity index is 562. The molecule has 4 nitrogen and oxygen atoms in total. The third kappa shape index (κ3) is 3.79. The van der Waals surface area contributed by atoms with Crippen LogP contribution in [0.3, 0.4) is 0 Å². The Labute approximate surface area is 116 Å². The number of aromatic nitrogens is 2. The molecule has 0 aliphatic carbocycles. The van der Waals surface area contributed by atoms with E-state index < -0.39 is 0 Å². The lowest BCUT2D eigenvalue weighted by Crippen LogP contribution is -2.08. The molecule has 2 N–H and O–H groups in total. The Kier molecular flexibility index (Phi) is 4.52. The van der Waals surface area contributed by atoms with Crippen LogP contribution in [0.4, 0.5) is 16.2 Å². The van der Waals surface area contributed by atoms with Crippen LogP contribution >= 0.6 is 11.6 Å². The van der Waals surface area contributed by atoms with E-state index in [1.807, 2.05) is 6.07 Å². The van der Waals surface area contributed by atoms with Crippen molar-refractivity contribution in [1.82, 2.24) is 9.97 Å². The quantitative estimate of drug-likeness (QED) is 0.884. The van der Waals surface area contributed by atoms with Crippen molar-refractivity contribution >= 4 is 23.4 Å². The van der Waals surface area contributed by atoms with Crippen molar-refractivity contribution in [3.8, 4) is 0 Å². The number of anilines is 2. The number of nitrogens with one attached hydrogen (secondary N) is 2. The molecule has 0 amide bonds. The molecule has 2 rings (SSSR count). The highest BCUT2D eigenvalue weighted by Gasteiger charge is 2.04. The highest BCUT2D eigenvalue weighted by atomic mass is 35.5. The summed E-state index contributed by atoms with van der Waals surface area (Å²) >= 11 is 5.98. The lowest BCUT2D eigenvalue weighted by Gasteiger charge is -2.08. The van der Waals surface area contributed by atoms with Crippen molar-refractivity contribution in [1.29, 1.82) is 0 Å². The number of halogens is 2. The second kappa shape index (κ2) is 6.33. The first kappa shape index (κ1) is 13.5. The van der Waals surface area contributed by atoms with Gasteiger partial charge in [-0.3, -0.25) is 0 Å². The van der Waals surface area contributed by atoms with Crippen molar-refractivity contribution in [2.75, 3.05) is 24.2 Å². The molecule has 2 aromatic rings. The van der Waals surface area contributed by atoms with Crippen molar-refractivity contribution < 1.29 is 4.39 Å². The van der Waals surface area contributed by atoms with E-state index >= 15 is 0 Å². The molecular formula is C13H14ClFN4. The van der Waals surface area contributed by atoms with Gasteiger partial charge in [-0.15, -0.1) is 0 Å². The van der Waals surface area contributed by atoms with Gasteiger partial charge in [0.15, 0.2) is 0 Å². The average molecular weight is 281 g/mol. The van der Waals surface area contributed by atoms with Crippen LogP contribution in [0, 0.1) is 5.82 Å². The van der Waals surface area contributed by atoms with Crippen LogP contribution in [0.25, 0.3) is 0 Å². The largest absolute Gasteiger partial charge is 0.368 e. The normalized spacial score (nSPS) is 10.3. The van der Waals surface area contributed by atoms with Gasteiger partial charge in [0.1, 0.15) is 16.7 Å². The number of nitrogens with zero attached hydrogens (tertiary/aromatic N) is 2. The summed E-state index contributed by atoms with van der Waals surface area (Å²) in [5.41, 5.74) is 0.923. The molecule has 0 aliphatic rings. The van der Waals surface area contributed by atoms with Crippen LogP contribution in [0.2, 0.25) is 5.02 Å². The van der Waals surface area contributed by atoms with Gasteiger partial charge < -0.3 is 10.6 Å². The van der Waals surface area contributed by atoms with Gasteiger partial charge in [0.2, 0.25) is 5.95 Å².